The second-order valence-corrected chi connectivity index (χ2v) is 3.69. The van der Waals surface area contributed by atoms with Gasteiger partial charge in [-0.15, -0.1) is 0 Å². The van der Waals surface area contributed by atoms with E-state index in [1.807, 2.05) is 0 Å². The zero-order chi connectivity index (χ0) is 9.26. The molecule has 2 rings (SSSR count). The van der Waals surface area contributed by atoms with Crippen molar-refractivity contribution in [3.63, 3.8) is 0 Å². The predicted molar refractivity (Wildman–Crippen MR) is 48.1 cm³/mol. The molecule has 0 aliphatic carbocycles. The molecule has 2 heterocycles. The average molecular weight is 179 g/mol. The highest BCUT2D eigenvalue weighted by Gasteiger charge is 2.40. The van der Waals surface area contributed by atoms with Gasteiger partial charge >= 0.3 is 0 Å². The molecule has 13 heavy (non-hydrogen) atoms. The lowest BCUT2D eigenvalue weighted by molar-refractivity contribution is 0.209. The molecule has 0 saturated carbocycles. The van der Waals surface area contributed by atoms with Crippen molar-refractivity contribution in [2.45, 2.75) is 6.42 Å². The van der Waals surface area contributed by atoms with Gasteiger partial charge in [-0.05, 0) is 18.9 Å². The zero-order valence-corrected chi connectivity index (χ0v) is 7.73. The van der Waals surface area contributed by atoms with Crippen LogP contribution in [0.1, 0.15) is 6.42 Å². The Hall–Kier alpha value is -1.08. The SMILES string of the molecule is CO/N=C(\C#N)[C@H]1CN2CCC1C2. The third-order valence-corrected chi connectivity index (χ3v) is 2.99. The van der Waals surface area contributed by atoms with E-state index in [0.717, 1.165) is 13.1 Å². The van der Waals surface area contributed by atoms with Crippen molar-refractivity contribution in [1.29, 1.82) is 5.26 Å². The molecule has 0 spiro atoms. The molecule has 2 fully saturated rings. The zero-order valence-electron chi connectivity index (χ0n) is 7.73. The number of nitriles is 1. The summed E-state index contributed by atoms with van der Waals surface area (Å²) in [5.41, 5.74) is 0.565. The number of nitrogens with zero attached hydrogens (tertiary/aromatic N) is 3. The van der Waals surface area contributed by atoms with E-state index < -0.39 is 0 Å². The number of oxime groups is 1. The van der Waals surface area contributed by atoms with Gasteiger partial charge in [0.2, 0.25) is 0 Å². The maximum atomic E-state index is 8.87. The normalized spacial score (nSPS) is 37.5. The first kappa shape index (κ1) is 8.52. The van der Waals surface area contributed by atoms with Crippen LogP contribution in [0.5, 0.6) is 0 Å². The van der Waals surface area contributed by atoms with Crippen LogP contribution < -0.4 is 0 Å². The Balaban J connectivity index is 2.09. The standard InChI is InChI=1S/C9H13N3O/c1-13-11-9(4-10)8-6-12-3-2-7(8)5-12/h7-8H,2-3,5-6H2,1H3/b11-9+/t7?,8-/m0/s1. The highest BCUT2D eigenvalue weighted by Crippen LogP contribution is 2.33. The fourth-order valence-corrected chi connectivity index (χ4v) is 2.36. The molecule has 2 aliphatic heterocycles. The second-order valence-electron chi connectivity index (χ2n) is 3.69. The van der Waals surface area contributed by atoms with Crippen LogP contribution in [0.4, 0.5) is 0 Å². The van der Waals surface area contributed by atoms with Crippen molar-refractivity contribution < 1.29 is 4.84 Å². The van der Waals surface area contributed by atoms with E-state index >= 15 is 0 Å². The van der Waals surface area contributed by atoms with Crippen LogP contribution in [0.3, 0.4) is 0 Å². The molecule has 4 nitrogen and oxygen atoms in total. The lowest BCUT2D eigenvalue weighted by atomic mass is 9.89. The summed E-state index contributed by atoms with van der Waals surface area (Å²) in [5, 5.41) is 12.6. The smallest absolute Gasteiger partial charge is 0.161 e. The maximum Gasteiger partial charge on any atom is 0.161 e. The molecular weight excluding hydrogens is 166 g/mol. The molecule has 0 aromatic rings. The Kier molecular flexibility index (Phi) is 2.19. The molecular formula is C9H13N3O. The minimum Gasteiger partial charge on any atom is -0.398 e. The summed E-state index contributed by atoms with van der Waals surface area (Å²) in [7, 11) is 1.49. The fourth-order valence-electron chi connectivity index (χ4n) is 2.36. The van der Waals surface area contributed by atoms with Gasteiger partial charge in [-0.2, -0.15) is 5.26 Å². The Morgan fingerprint density at radius 2 is 2.46 bits per heavy atom. The maximum absolute atomic E-state index is 8.87. The average Bonchev–Trinajstić information content (AvgIpc) is 2.74. The van der Waals surface area contributed by atoms with Crippen LogP contribution in [-0.2, 0) is 4.84 Å². The first-order valence-corrected chi connectivity index (χ1v) is 4.58. The van der Waals surface area contributed by atoms with Crippen LogP contribution in [-0.4, -0.2) is 37.4 Å². The minimum atomic E-state index is 0.318. The lowest BCUT2D eigenvalue weighted by Crippen LogP contribution is -2.28. The van der Waals surface area contributed by atoms with E-state index in [1.165, 1.54) is 20.1 Å². The highest BCUT2D eigenvalue weighted by molar-refractivity contribution is 6.00. The van der Waals surface area contributed by atoms with Gasteiger partial charge < -0.3 is 9.74 Å². The molecule has 70 valence electrons. The summed E-state index contributed by atoms with van der Waals surface area (Å²) in [6, 6.07) is 2.13. The Morgan fingerprint density at radius 1 is 1.62 bits per heavy atom. The molecule has 3 atom stereocenters. The summed E-state index contributed by atoms with van der Waals surface area (Å²) in [6.07, 6.45) is 1.20. The van der Waals surface area contributed by atoms with Crippen LogP contribution in [0.2, 0.25) is 0 Å². The predicted octanol–water partition coefficient (Wildman–Crippen LogP) is 0.464. The Morgan fingerprint density at radius 3 is 2.92 bits per heavy atom. The van der Waals surface area contributed by atoms with E-state index in [1.54, 1.807) is 0 Å². The minimum absolute atomic E-state index is 0.318. The van der Waals surface area contributed by atoms with E-state index in [9.17, 15) is 0 Å². The number of hydrogen-bond acceptors (Lipinski definition) is 4. The lowest BCUT2D eigenvalue weighted by Gasteiger charge is -2.19. The molecule has 0 radical (unpaired) electrons. The number of hydrogen-bond donors (Lipinski definition) is 0. The van der Waals surface area contributed by atoms with Gasteiger partial charge in [0.05, 0.1) is 0 Å². The van der Waals surface area contributed by atoms with Gasteiger partial charge in [0, 0.05) is 19.0 Å². The summed E-state index contributed by atoms with van der Waals surface area (Å²) >= 11 is 0. The van der Waals surface area contributed by atoms with E-state index in [2.05, 4.69) is 21.0 Å². The second kappa shape index (κ2) is 3.35. The monoisotopic (exact) mass is 179 g/mol. The molecule has 2 bridgehead atoms. The van der Waals surface area contributed by atoms with Crippen molar-refractivity contribution in [2.24, 2.45) is 17.0 Å². The highest BCUT2D eigenvalue weighted by atomic mass is 16.6. The first-order valence-electron chi connectivity index (χ1n) is 4.58. The van der Waals surface area contributed by atoms with Gasteiger partial charge in [-0.25, -0.2) is 0 Å². The molecule has 4 heteroatoms. The molecule has 2 unspecified atom stereocenters. The topological polar surface area (TPSA) is 48.6 Å². The molecule has 2 saturated heterocycles. The molecule has 2 aliphatic rings. The van der Waals surface area contributed by atoms with E-state index in [4.69, 9.17) is 5.26 Å². The molecule has 0 aromatic heterocycles. The van der Waals surface area contributed by atoms with E-state index in [0.29, 0.717) is 17.5 Å². The summed E-state index contributed by atoms with van der Waals surface area (Å²) in [5.74, 6) is 0.951. The van der Waals surface area contributed by atoms with Crippen LogP contribution >= 0.6 is 0 Å². The molecule has 0 N–H and O–H groups in total. The number of fused-ring (bicyclic) bond motifs is 2. The quantitative estimate of drug-likeness (QED) is 0.457. The van der Waals surface area contributed by atoms with Crippen LogP contribution in [0.15, 0.2) is 5.16 Å². The van der Waals surface area contributed by atoms with Crippen LogP contribution in [0.25, 0.3) is 0 Å². The number of rotatable bonds is 2. The van der Waals surface area contributed by atoms with Crippen molar-refractivity contribution in [3.8, 4) is 6.07 Å². The van der Waals surface area contributed by atoms with Crippen molar-refractivity contribution in [2.75, 3.05) is 26.7 Å². The Labute approximate surface area is 77.8 Å². The van der Waals surface area contributed by atoms with Gasteiger partial charge in [0.15, 0.2) is 5.71 Å². The molecule has 0 amide bonds. The number of piperidine rings is 1. The summed E-state index contributed by atoms with van der Waals surface area (Å²) < 4.78 is 0. The third-order valence-electron chi connectivity index (χ3n) is 2.99. The van der Waals surface area contributed by atoms with Gasteiger partial charge in [0.1, 0.15) is 13.2 Å². The van der Waals surface area contributed by atoms with Gasteiger partial charge in [-0.3, -0.25) is 0 Å². The van der Waals surface area contributed by atoms with Crippen LogP contribution in [0, 0.1) is 23.2 Å². The Bertz CT molecular complexity index is 269. The van der Waals surface area contributed by atoms with Gasteiger partial charge in [0.25, 0.3) is 0 Å². The molecule has 0 aromatic carbocycles. The largest absolute Gasteiger partial charge is 0.398 e. The summed E-state index contributed by atoms with van der Waals surface area (Å²) in [4.78, 5) is 7.05. The summed E-state index contributed by atoms with van der Waals surface area (Å²) in [6.45, 7) is 3.31. The first-order chi connectivity index (χ1) is 6.35. The third kappa shape index (κ3) is 1.40. The fraction of sp³-hybridized carbons (Fsp3) is 0.778. The van der Waals surface area contributed by atoms with Crippen molar-refractivity contribution in [3.05, 3.63) is 0 Å². The van der Waals surface area contributed by atoms with Crippen molar-refractivity contribution >= 4 is 5.71 Å². The van der Waals surface area contributed by atoms with Gasteiger partial charge in [-0.1, -0.05) is 5.16 Å². The van der Waals surface area contributed by atoms with Crippen molar-refractivity contribution in [1.82, 2.24) is 4.90 Å². The van der Waals surface area contributed by atoms with E-state index in [-0.39, 0.29) is 0 Å².